The molecule has 3 amide bonds. The number of rotatable bonds is 18. The summed E-state index contributed by atoms with van der Waals surface area (Å²) < 4.78 is 0. The number of aliphatic carboxylic acids is 3. The number of carbonyl (C=O) groups excluding carboxylic acids is 3. The molecule has 0 aromatic heterocycles. The highest BCUT2D eigenvalue weighted by molar-refractivity contribution is 5.95. The molecule has 0 heterocycles. The van der Waals surface area contributed by atoms with Crippen LogP contribution in [0.5, 0.6) is 0 Å². The molecule has 35 heavy (non-hydrogen) atoms. The number of carboxylic acid groups (broad SMARTS) is 3. The zero-order valence-corrected chi connectivity index (χ0v) is 20.0. The van der Waals surface area contributed by atoms with Gasteiger partial charge < -0.3 is 42.7 Å². The summed E-state index contributed by atoms with van der Waals surface area (Å²) in [4.78, 5) is 71.2. The van der Waals surface area contributed by atoms with E-state index in [1.54, 1.807) is 13.8 Å². The van der Waals surface area contributed by atoms with Gasteiger partial charge >= 0.3 is 17.9 Å². The first-order valence-electron chi connectivity index (χ1n) is 11.3. The van der Waals surface area contributed by atoms with Crippen LogP contribution >= 0.6 is 0 Å². The van der Waals surface area contributed by atoms with E-state index in [2.05, 4.69) is 16.0 Å². The van der Waals surface area contributed by atoms with Gasteiger partial charge in [0.05, 0.1) is 12.5 Å². The third-order valence-corrected chi connectivity index (χ3v) is 4.92. The van der Waals surface area contributed by atoms with Gasteiger partial charge in [0.25, 0.3) is 0 Å². The maximum atomic E-state index is 12.9. The monoisotopic (exact) mass is 503 g/mol. The fourth-order valence-corrected chi connectivity index (χ4v) is 3.08. The summed E-state index contributed by atoms with van der Waals surface area (Å²) in [6.45, 7) is 4.02. The topological polar surface area (TPSA) is 251 Å². The Bertz CT molecular complexity index is 759. The molecular weight excluding hydrogens is 466 g/mol. The van der Waals surface area contributed by atoms with E-state index in [9.17, 15) is 33.9 Å². The lowest BCUT2D eigenvalue weighted by Crippen LogP contribution is -2.57. The van der Waals surface area contributed by atoms with Gasteiger partial charge in [-0.1, -0.05) is 20.3 Å². The van der Waals surface area contributed by atoms with Crippen molar-refractivity contribution in [2.75, 3.05) is 6.54 Å². The molecule has 0 spiro atoms. The summed E-state index contributed by atoms with van der Waals surface area (Å²) >= 11 is 0. The molecule has 0 aromatic carbocycles. The van der Waals surface area contributed by atoms with E-state index in [1.807, 2.05) is 0 Å². The predicted molar refractivity (Wildman–Crippen MR) is 123 cm³/mol. The molecule has 4 atom stereocenters. The van der Waals surface area contributed by atoms with Crippen LogP contribution in [0.1, 0.15) is 58.8 Å². The quantitative estimate of drug-likeness (QED) is 0.0985. The molecule has 10 N–H and O–H groups in total. The molecule has 0 aliphatic carbocycles. The van der Waals surface area contributed by atoms with Crippen molar-refractivity contribution >= 4 is 35.6 Å². The predicted octanol–water partition coefficient (Wildman–Crippen LogP) is -1.63. The lowest BCUT2D eigenvalue weighted by atomic mass is 10.0. The van der Waals surface area contributed by atoms with Crippen LogP contribution in [-0.4, -0.2) is 81.7 Å². The zero-order chi connectivity index (χ0) is 27.1. The van der Waals surface area contributed by atoms with Crippen LogP contribution in [0.25, 0.3) is 0 Å². The number of unbranched alkanes of at least 4 members (excludes halogenated alkanes) is 1. The van der Waals surface area contributed by atoms with Crippen molar-refractivity contribution in [3.63, 3.8) is 0 Å². The molecule has 0 bridgehead atoms. The Balaban J connectivity index is 5.46. The summed E-state index contributed by atoms with van der Waals surface area (Å²) in [7, 11) is 0. The SMILES string of the molecule is CC(C)CC(NC(=O)C(N)CCCCN)C(=O)NC(CC(=O)O)C(=O)NC(CCC(=O)O)C(=O)O. The second-order valence-electron chi connectivity index (χ2n) is 8.57. The molecule has 0 aliphatic rings. The van der Waals surface area contributed by atoms with E-state index in [4.69, 9.17) is 21.7 Å². The van der Waals surface area contributed by atoms with Crippen molar-refractivity contribution in [2.45, 2.75) is 83.0 Å². The summed E-state index contributed by atoms with van der Waals surface area (Å²) in [5.74, 6) is -6.88. The smallest absolute Gasteiger partial charge is 0.326 e. The first-order chi connectivity index (χ1) is 16.3. The minimum atomic E-state index is -1.67. The number of hydrogen-bond acceptors (Lipinski definition) is 8. The standard InChI is InChI=1S/C21H37N5O9/c1-11(2)9-14(25-18(31)12(23)5-3-4-8-22)19(32)26-15(10-17(29)30)20(33)24-13(21(34)35)6-7-16(27)28/h11-15H,3-10,22-23H2,1-2H3,(H,24,33)(H,25,31)(H,26,32)(H,27,28)(H,29,30)(H,34,35). The van der Waals surface area contributed by atoms with E-state index in [0.29, 0.717) is 25.8 Å². The maximum absolute atomic E-state index is 12.9. The Labute approximate surface area is 203 Å². The lowest BCUT2D eigenvalue weighted by Gasteiger charge is -2.25. The first-order valence-corrected chi connectivity index (χ1v) is 11.3. The van der Waals surface area contributed by atoms with Gasteiger partial charge in [-0.25, -0.2) is 4.79 Å². The summed E-state index contributed by atoms with van der Waals surface area (Å²) in [6, 6.07) is -5.30. The molecule has 14 heteroatoms. The van der Waals surface area contributed by atoms with E-state index in [0.717, 1.165) is 0 Å². The van der Waals surface area contributed by atoms with Crippen LogP contribution in [0, 0.1) is 5.92 Å². The highest BCUT2D eigenvalue weighted by Crippen LogP contribution is 2.08. The Hall–Kier alpha value is -3.26. The average molecular weight is 504 g/mol. The maximum Gasteiger partial charge on any atom is 0.326 e. The lowest BCUT2D eigenvalue weighted by molar-refractivity contribution is -0.144. The van der Waals surface area contributed by atoms with Gasteiger partial charge in [-0.3, -0.25) is 24.0 Å². The molecule has 14 nitrogen and oxygen atoms in total. The molecular formula is C21H37N5O9. The van der Waals surface area contributed by atoms with Crippen LogP contribution in [0.2, 0.25) is 0 Å². The van der Waals surface area contributed by atoms with Crippen LogP contribution in [0.3, 0.4) is 0 Å². The summed E-state index contributed by atoms with van der Waals surface area (Å²) in [5.41, 5.74) is 11.3. The zero-order valence-electron chi connectivity index (χ0n) is 20.0. The van der Waals surface area contributed by atoms with Crippen molar-refractivity contribution in [2.24, 2.45) is 17.4 Å². The molecule has 0 radical (unpaired) electrons. The fraction of sp³-hybridized carbons (Fsp3) is 0.714. The molecule has 4 unspecified atom stereocenters. The van der Waals surface area contributed by atoms with Gasteiger partial charge in [0.1, 0.15) is 18.1 Å². The van der Waals surface area contributed by atoms with E-state index < -0.39 is 79.1 Å². The van der Waals surface area contributed by atoms with Crippen molar-refractivity contribution < 1.29 is 44.1 Å². The molecule has 0 aliphatic heterocycles. The van der Waals surface area contributed by atoms with E-state index in [-0.39, 0.29) is 12.3 Å². The van der Waals surface area contributed by atoms with Gasteiger partial charge in [-0.2, -0.15) is 0 Å². The van der Waals surface area contributed by atoms with Crippen molar-refractivity contribution in [3.05, 3.63) is 0 Å². The van der Waals surface area contributed by atoms with Crippen molar-refractivity contribution in [3.8, 4) is 0 Å². The number of carbonyl (C=O) groups is 6. The van der Waals surface area contributed by atoms with Crippen molar-refractivity contribution in [1.29, 1.82) is 0 Å². The third kappa shape index (κ3) is 13.9. The second-order valence-corrected chi connectivity index (χ2v) is 8.57. The van der Waals surface area contributed by atoms with Crippen LogP contribution in [0.15, 0.2) is 0 Å². The fourth-order valence-electron chi connectivity index (χ4n) is 3.08. The Morgan fingerprint density at radius 1 is 0.743 bits per heavy atom. The number of amides is 3. The molecule has 0 saturated carbocycles. The number of carboxylic acids is 3. The molecule has 200 valence electrons. The molecule has 0 fully saturated rings. The first kappa shape index (κ1) is 31.7. The van der Waals surface area contributed by atoms with E-state index in [1.165, 1.54) is 0 Å². The second kappa shape index (κ2) is 16.4. The highest BCUT2D eigenvalue weighted by Gasteiger charge is 2.32. The Morgan fingerprint density at radius 3 is 1.77 bits per heavy atom. The van der Waals surface area contributed by atoms with Gasteiger partial charge in [0.15, 0.2) is 0 Å². The highest BCUT2D eigenvalue weighted by atomic mass is 16.4. The van der Waals surface area contributed by atoms with Crippen LogP contribution < -0.4 is 27.4 Å². The number of nitrogens with two attached hydrogens (primary N) is 2. The molecule has 0 aromatic rings. The van der Waals surface area contributed by atoms with Crippen LogP contribution in [-0.2, 0) is 28.8 Å². The van der Waals surface area contributed by atoms with Gasteiger partial charge in [0, 0.05) is 6.42 Å². The minimum Gasteiger partial charge on any atom is -0.481 e. The van der Waals surface area contributed by atoms with Gasteiger partial charge in [-0.05, 0) is 38.1 Å². The average Bonchev–Trinajstić information content (AvgIpc) is 2.74. The summed E-state index contributed by atoms with van der Waals surface area (Å²) in [6.07, 6.45) is -0.0869. The number of hydrogen-bond donors (Lipinski definition) is 8. The summed E-state index contributed by atoms with van der Waals surface area (Å²) in [5, 5.41) is 33.9. The Morgan fingerprint density at radius 2 is 1.29 bits per heavy atom. The third-order valence-electron chi connectivity index (χ3n) is 4.92. The number of nitrogens with one attached hydrogen (secondary N) is 3. The van der Waals surface area contributed by atoms with Gasteiger partial charge in [-0.15, -0.1) is 0 Å². The molecule has 0 saturated heterocycles. The minimum absolute atomic E-state index is 0.0707. The van der Waals surface area contributed by atoms with Gasteiger partial charge in [0.2, 0.25) is 17.7 Å². The largest absolute Gasteiger partial charge is 0.481 e. The molecule has 0 rings (SSSR count). The van der Waals surface area contributed by atoms with Crippen LogP contribution in [0.4, 0.5) is 0 Å². The Kier molecular flexibility index (Phi) is 14.9. The van der Waals surface area contributed by atoms with E-state index >= 15 is 0 Å². The normalized spacial score (nSPS) is 14.3. The van der Waals surface area contributed by atoms with Crippen molar-refractivity contribution in [1.82, 2.24) is 16.0 Å².